The van der Waals surface area contributed by atoms with E-state index in [1.54, 1.807) is 4.68 Å². The first-order valence-corrected chi connectivity index (χ1v) is 8.38. The van der Waals surface area contributed by atoms with E-state index in [9.17, 15) is 0 Å². The molecule has 2 aromatic rings. The molecule has 0 amide bonds. The maximum Gasteiger partial charge on any atom is 0.163 e. The molecule has 0 N–H and O–H groups in total. The Morgan fingerprint density at radius 1 is 1.12 bits per heavy atom. The summed E-state index contributed by atoms with van der Waals surface area (Å²) in [6.45, 7) is 2.97. The first-order valence-electron chi connectivity index (χ1n) is 8.38. The van der Waals surface area contributed by atoms with Gasteiger partial charge in [0.05, 0.1) is 18.4 Å². The standard InChI is InChI=1S/C17H21N3O4/c1-2-6-22-14(3-1)10-21-11-17-18-12-19-20(17)13-4-5-15-16(9-13)24-8-7-23-15/h4-5,9,12,14H,1-3,6-8,10-11H2/t14-/m0/s1. The molecule has 0 bridgehead atoms. The molecule has 1 atom stereocenters. The predicted molar refractivity (Wildman–Crippen MR) is 85.6 cm³/mol. The number of hydrogen-bond donors (Lipinski definition) is 0. The third-order valence-corrected chi connectivity index (χ3v) is 4.20. The quantitative estimate of drug-likeness (QED) is 0.836. The molecule has 1 aromatic heterocycles. The summed E-state index contributed by atoms with van der Waals surface area (Å²) in [4.78, 5) is 4.30. The Hall–Kier alpha value is -2.12. The molecule has 0 spiro atoms. The summed E-state index contributed by atoms with van der Waals surface area (Å²) in [5.41, 5.74) is 0.879. The normalized spacial score (nSPS) is 20.1. The molecule has 4 rings (SSSR count). The number of ether oxygens (including phenoxy) is 4. The van der Waals surface area contributed by atoms with Gasteiger partial charge in [-0.25, -0.2) is 9.67 Å². The van der Waals surface area contributed by atoms with E-state index in [-0.39, 0.29) is 6.10 Å². The van der Waals surface area contributed by atoms with Gasteiger partial charge in [-0.2, -0.15) is 5.10 Å². The Morgan fingerprint density at radius 2 is 2.04 bits per heavy atom. The number of benzene rings is 1. The minimum Gasteiger partial charge on any atom is -0.486 e. The van der Waals surface area contributed by atoms with Crippen LogP contribution in [-0.2, 0) is 16.1 Å². The van der Waals surface area contributed by atoms with Crippen LogP contribution in [0.1, 0.15) is 25.1 Å². The molecular weight excluding hydrogens is 310 g/mol. The number of fused-ring (bicyclic) bond motifs is 1. The van der Waals surface area contributed by atoms with Crippen LogP contribution in [0.3, 0.4) is 0 Å². The van der Waals surface area contributed by atoms with E-state index in [0.29, 0.717) is 26.4 Å². The van der Waals surface area contributed by atoms with Gasteiger partial charge in [0.15, 0.2) is 17.3 Å². The Bertz CT molecular complexity index is 682. The Morgan fingerprint density at radius 3 is 2.92 bits per heavy atom. The second-order valence-electron chi connectivity index (χ2n) is 5.92. The van der Waals surface area contributed by atoms with Crippen molar-refractivity contribution in [3.05, 3.63) is 30.4 Å². The summed E-state index contributed by atoms with van der Waals surface area (Å²) in [6.07, 6.45) is 5.15. The number of aromatic nitrogens is 3. The highest BCUT2D eigenvalue weighted by Crippen LogP contribution is 2.32. The molecule has 7 heteroatoms. The van der Waals surface area contributed by atoms with E-state index in [1.165, 1.54) is 12.7 Å². The molecule has 3 heterocycles. The maximum atomic E-state index is 5.79. The first kappa shape index (κ1) is 15.4. The SMILES string of the molecule is c1nc(COC[C@@H]2CCCCO2)n(-c2ccc3c(c2)OCCO3)n1. The van der Waals surface area contributed by atoms with Crippen molar-refractivity contribution in [2.24, 2.45) is 0 Å². The van der Waals surface area contributed by atoms with Crippen LogP contribution in [0.25, 0.3) is 5.69 Å². The summed E-state index contributed by atoms with van der Waals surface area (Å²) in [7, 11) is 0. The molecular formula is C17H21N3O4. The molecule has 24 heavy (non-hydrogen) atoms. The van der Waals surface area contributed by atoms with Gasteiger partial charge in [0.25, 0.3) is 0 Å². The molecule has 2 aliphatic rings. The van der Waals surface area contributed by atoms with Crippen molar-refractivity contribution >= 4 is 0 Å². The van der Waals surface area contributed by atoms with Crippen molar-refractivity contribution in [2.45, 2.75) is 32.0 Å². The van der Waals surface area contributed by atoms with E-state index in [1.807, 2.05) is 18.2 Å². The zero-order chi connectivity index (χ0) is 16.2. The molecule has 0 saturated carbocycles. The van der Waals surface area contributed by atoms with Crippen molar-refractivity contribution in [3.63, 3.8) is 0 Å². The average molecular weight is 331 g/mol. The summed E-state index contributed by atoms with van der Waals surface area (Å²) < 4.78 is 24.4. The topological polar surface area (TPSA) is 67.6 Å². The number of nitrogens with zero attached hydrogens (tertiary/aromatic N) is 3. The lowest BCUT2D eigenvalue weighted by atomic mass is 10.1. The van der Waals surface area contributed by atoms with Crippen molar-refractivity contribution in [2.75, 3.05) is 26.4 Å². The molecule has 0 unspecified atom stereocenters. The van der Waals surface area contributed by atoms with E-state index in [0.717, 1.165) is 42.5 Å². The van der Waals surface area contributed by atoms with Gasteiger partial charge in [0.1, 0.15) is 26.1 Å². The highest BCUT2D eigenvalue weighted by Gasteiger charge is 2.16. The van der Waals surface area contributed by atoms with Gasteiger partial charge in [0.2, 0.25) is 0 Å². The summed E-state index contributed by atoms with van der Waals surface area (Å²) in [5, 5.41) is 4.30. The molecule has 128 valence electrons. The molecule has 0 radical (unpaired) electrons. The first-order chi connectivity index (χ1) is 11.9. The van der Waals surface area contributed by atoms with Crippen molar-refractivity contribution in [1.82, 2.24) is 14.8 Å². The summed E-state index contributed by atoms with van der Waals surface area (Å²) >= 11 is 0. The van der Waals surface area contributed by atoms with Crippen LogP contribution < -0.4 is 9.47 Å². The predicted octanol–water partition coefficient (Wildman–Crippen LogP) is 2.12. The van der Waals surface area contributed by atoms with Crippen molar-refractivity contribution in [1.29, 1.82) is 0 Å². The molecule has 1 fully saturated rings. The molecule has 2 aliphatic heterocycles. The van der Waals surface area contributed by atoms with Gasteiger partial charge in [0, 0.05) is 12.7 Å². The fourth-order valence-electron chi connectivity index (χ4n) is 2.96. The van der Waals surface area contributed by atoms with Crippen LogP contribution in [0.15, 0.2) is 24.5 Å². The highest BCUT2D eigenvalue weighted by atomic mass is 16.6. The summed E-state index contributed by atoms with van der Waals surface area (Å²) in [6, 6.07) is 5.75. The monoisotopic (exact) mass is 331 g/mol. The molecule has 0 aliphatic carbocycles. The second-order valence-corrected chi connectivity index (χ2v) is 5.92. The molecule has 1 aromatic carbocycles. The minimum absolute atomic E-state index is 0.199. The maximum absolute atomic E-state index is 5.79. The van der Waals surface area contributed by atoms with Gasteiger partial charge < -0.3 is 18.9 Å². The largest absolute Gasteiger partial charge is 0.486 e. The van der Waals surface area contributed by atoms with Crippen molar-refractivity contribution in [3.8, 4) is 17.2 Å². The molecule has 7 nitrogen and oxygen atoms in total. The third-order valence-electron chi connectivity index (χ3n) is 4.20. The van der Waals surface area contributed by atoms with Crippen LogP contribution in [0.5, 0.6) is 11.5 Å². The Balaban J connectivity index is 1.42. The highest BCUT2D eigenvalue weighted by molar-refractivity contribution is 5.49. The van der Waals surface area contributed by atoms with E-state index >= 15 is 0 Å². The Labute approximate surface area is 140 Å². The number of rotatable bonds is 5. The third kappa shape index (κ3) is 3.37. The van der Waals surface area contributed by atoms with Gasteiger partial charge in [-0.3, -0.25) is 0 Å². The van der Waals surface area contributed by atoms with Gasteiger partial charge in [-0.05, 0) is 31.4 Å². The van der Waals surface area contributed by atoms with Gasteiger partial charge in [-0.1, -0.05) is 0 Å². The molecule has 1 saturated heterocycles. The lowest BCUT2D eigenvalue weighted by molar-refractivity contribution is -0.0460. The van der Waals surface area contributed by atoms with E-state index in [2.05, 4.69) is 10.1 Å². The lowest BCUT2D eigenvalue weighted by Crippen LogP contribution is -2.24. The van der Waals surface area contributed by atoms with E-state index in [4.69, 9.17) is 18.9 Å². The van der Waals surface area contributed by atoms with Crippen molar-refractivity contribution < 1.29 is 18.9 Å². The van der Waals surface area contributed by atoms with Crippen LogP contribution >= 0.6 is 0 Å². The van der Waals surface area contributed by atoms with Gasteiger partial charge in [-0.15, -0.1) is 0 Å². The smallest absolute Gasteiger partial charge is 0.163 e. The fourth-order valence-corrected chi connectivity index (χ4v) is 2.96. The zero-order valence-electron chi connectivity index (χ0n) is 13.5. The minimum atomic E-state index is 0.199. The lowest BCUT2D eigenvalue weighted by Gasteiger charge is -2.22. The average Bonchev–Trinajstić information content (AvgIpc) is 3.11. The summed E-state index contributed by atoms with van der Waals surface area (Å²) in [5.74, 6) is 2.25. The van der Waals surface area contributed by atoms with Crippen LogP contribution in [0.4, 0.5) is 0 Å². The van der Waals surface area contributed by atoms with Crippen LogP contribution in [0, 0.1) is 0 Å². The van der Waals surface area contributed by atoms with Gasteiger partial charge >= 0.3 is 0 Å². The second kappa shape index (κ2) is 7.19. The zero-order valence-corrected chi connectivity index (χ0v) is 13.5. The van der Waals surface area contributed by atoms with Crippen LogP contribution in [0.2, 0.25) is 0 Å². The van der Waals surface area contributed by atoms with Crippen LogP contribution in [-0.4, -0.2) is 47.3 Å². The Kier molecular flexibility index (Phi) is 4.62. The van der Waals surface area contributed by atoms with E-state index < -0.39 is 0 Å². The number of hydrogen-bond acceptors (Lipinski definition) is 6. The fraction of sp³-hybridized carbons (Fsp3) is 0.529.